The van der Waals surface area contributed by atoms with Crippen molar-refractivity contribution in [1.29, 1.82) is 0 Å². The summed E-state index contributed by atoms with van der Waals surface area (Å²) in [4.78, 5) is 13.0. The predicted octanol–water partition coefficient (Wildman–Crippen LogP) is 2.39. The lowest BCUT2D eigenvalue weighted by molar-refractivity contribution is -0.127. The Hall–Kier alpha value is -2.21. The normalized spacial score (nSPS) is 18.7. The number of hydrogen-bond acceptors (Lipinski definition) is 3. The van der Waals surface area contributed by atoms with Gasteiger partial charge in [-0.05, 0) is 37.5 Å². The highest BCUT2D eigenvalue weighted by Gasteiger charge is 2.43. The first kappa shape index (κ1) is 17.6. The van der Waals surface area contributed by atoms with E-state index in [1.54, 1.807) is 37.1 Å². The number of carbonyl (C=O) groups is 1. The Bertz CT molecular complexity index is 764. The van der Waals surface area contributed by atoms with Crippen LogP contribution in [0.15, 0.2) is 36.7 Å². The molecule has 1 saturated carbocycles. The number of aliphatic hydroxyl groups is 1. The average Bonchev–Trinajstić information content (AvgIpc) is 3.23. The van der Waals surface area contributed by atoms with Crippen molar-refractivity contribution in [1.82, 2.24) is 15.1 Å². The van der Waals surface area contributed by atoms with E-state index >= 15 is 0 Å². The first-order valence-electron chi connectivity index (χ1n) is 8.59. The minimum absolute atomic E-state index is 0.0780. The van der Waals surface area contributed by atoms with E-state index in [1.165, 1.54) is 12.1 Å². The number of nitrogens with zero attached hydrogens (tertiary/aromatic N) is 2. The highest BCUT2D eigenvalue weighted by molar-refractivity contribution is 5.88. The van der Waals surface area contributed by atoms with Gasteiger partial charge in [0.2, 0.25) is 5.91 Å². The number of hydrogen-bond donors (Lipinski definition) is 2. The Morgan fingerprint density at radius 1 is 1.44 bits per heavy atom. The summed E-state index contributed by atoms with van der Waals surface area (Å²) in [5.41, 5.74) is -0.580. The summed E-state index contributed by atoms with van der Waals surface area (Å²) < 4.78 is 15.3. The average molecular weight is 345 g/mol. The van der Waals surface area contributed by atoms with E-state index in [0.29, 0.717) is 24.0 Å². The highest BCUT2D eigenvalue weighted by atomic mass is 19.1. The molecule has 1 aromatic carbocycles. The van der Waals surface area contributed by atoms with Gasteiger partial charge in [-0.2, -0.15) is 5.10 Å². The maximum atomic E-state index is 13.7. The van der Waals surface area contributed by atoms with Gasteiger partial charge in [0.15, 0.2) is 0 Å². The fraction of sp³-hybridized carbons (Fsp3) is 0.474. The molecule has 1 aliphatic carbocycles. The van der Waals surface area contributed by atoms with Crippen LogP contribution in [0.4, 0.5) is 4.39 Å². The summed E-state index contributed by atoms with van der Waals surface area (Å²) in [6.45, 7) is 1.72. The van der Waals surface area contributed by atoms with Crippen LogP contribution in [-0.4, -0.2) is 27.3 Å². The minimum atomic E-state index is -1.22. The molecule has 0 aliphatic heterocycles. The van der Waals surface area contributed by atoms with Crippen molar-refractivity contribution in [2.45, 2.75) is 43.6 Å². The second-order valence-electron chi connectivity index (χ2n) is 7.16. The molecule has 5 nitrogen and oxygen atoms in total. The third-order valence-corrected chi connectivity index (χ3v) is 5.19. The minimum Gasteiger partial charge on any atom is -0.383 e. The number of aryl methyl sites for hydroxylation is 1. The summed E-state index contributed by atoms with van der Waals surface area (Å²) in [7, 11) is 1.77. The van der Waals surface area contributed by atoms with Crippen LogP contribution in [0.2, 0.25) is 0 Å². The van der Waals surface area contributed by atoms with Crippen LogP contribution in [0, 0.1) is 5.82 Å². The van der Waals surface area contributed by atoms with Crippen LogP contribution in [0.25, 0.3) is 0 Å². The van der Waals surface area contributed by atoms with Crippen molar-refractivity contribution in [3.8, 4) is 0 Å². The first-order valence-corrected chi connectivity index (χ1v) is 8.59. The van der Waals surface area contributed by atoms with E-state index in [0.717, 1.165) is 12.8 Å². The quantitative estimate of drug-likeness (QED) is 0.874. The van der Waals surface area contributed by atoms with E-state index < -0.39 is 11.0 Å². The molecule has 25 heavy (non-hydrogen) atoms. The number of amides is 1. The summed E-state index contributed by atoms with van der Waals surface area (Å²) in [6, 6.07) is 6.29. The largest absolute Gasteiger partial charge is 0.383 e. The molecule has 2 N–H and O–H groups in total. The van der Waals surface area contributed by atoms with Crippen molar-refractivity contribution >= 4 is 5.91 Å². The molecule has 3 rings (SSSR count). The van der Waals surface area contributed by atoms with Gasteiger partial charge >= 0.3 is 0 Å². The fourth-order valence-electron chi connectivity index (χ4n) is 3.63. The van der Waals surface area contributed by atoms with Crippen LogP contribution >= 0.6 is 0 Å². The fourth-order valence-corrected chi connectivity index (χ4v) is 3.63. The highest BCUT2D eigenvalue weighted by Crippen LogP contribution is 2.41. The molecule has 6 heteroatoms. The number of halogens is 1. The van der Waals surface area contributed by atoms with Gasteiger partial charge in [0.05, 0.1) is 18.2 Å². The lowest BCUT2D eigenvalue weighted by atomic mass is 9.77. The molecule has 1 atom stereocenters. The number of carbonyl (C=O) groups excluding carboxylic acids is 1. The van der Waals surface area contributed by atoms with Crippen LogP contribution in [0.5, 0.6) is 0 Å². The maximum absolute atomic E-state index is 13.7. The van der Waals surface area contributed by atoms with Crippen molar-refractivity contribution < 1.29 is 14.3 Å². The molecule has 1 unspecified atom stereocenters. The SMILES string of the molecule is Cn1cc(C(C)(O)CNC(=O)C2(c3cccc(F)c3)CCCC2)cn1. The monoisotopic (exact) mass is 345 g/mol. The summed E-state index contributed by atoms with van der Waals surface area (Å²) in [6.07, 6.45) is 6.56. The smallest absolute Gasteiger partial charge is 0.230 e. The molecule has 134 valence electrons. The Labute approximate surface area is 146 Å². The Kier molecular flexibility index (Phi) is 4.64. The van der Waals surface area contributed by atoms with Gasteiger partial charge in [0, 0.05) is 18.8 Å². The van der Waals surface area contributed by atoms with Crippen molar-refractivity contribution in [3.05, 3.63) is 53.6 Å². The number of benzene rings is 1. The van der Waals surface area contributed by atoms with Crippen LogP contribution in [-0.2, 0) is 22.9 Å². The molecule has 2 aromatic rings. The molecular formula is C19H24FN3O2. The van der Waals surface area contributed by atoms with Crippen molar-refractivity contribution in [3.63, 3.8) is 0 Å². The van der Waals surface area contributed by atoms with E-state index in [2.05, 4.69) is 10.4 Å². The lowest BCUT2D eigenvalue weighted by Crippen LogP contribution is -2.47. The van der Waals surface area contributed by atoms with Crippen molar-refractivity contribution in [2.24, 2.45) is 7.05 Å². The Morgan fingerprint density at radius 3 is 2.76 bits per heavy atom. The topological polar surface area (TPSA) is 67.2 Å². The molecule has 1 aromatic heterocycles. The molecule has 0 spiro atoms. The Morgan fingerprint density at radius 2 is 2.16 bits per heavy atom. The van der Waals surface area contributed by atoms with E-state index in [4.69, 9.17) is 0 Å². The summed E-state index contributed by atoms with van der Waals surface area (Å²) in [5, 5.41) is 17.6. The summed E-state index contributed by atoms with van der Waals surface area (Å²) >= 11 is 0. The van der Waals surface area contributed by atoms with E-state index in [9.17, 15) is 14.3 Å². The van der Waals surface area contributed by atoms with Gasteiger partial charge in [-0.1, -0.05) is 25.0 Å². The van der Waals surface area contributed by atoms with E-state index in [1.807, 2.05) is 6.07 Å². The molecule has 1 fully saturated rings. The molecule has 0 bridgehead atoms. The van der Waals surface area contributed by atoms with Crippen LogP contribution in [0.3, 0.4) is 0 Å². The third-order valence-electron chi connectivity index (χ3n) is 5.19. The summed E-state index contributed by atoms with van der Waals surface area (Å²) in [5.74, 6) is -0.487. The molecule has 1 heterocycles. The molecule has 1 aliphatic rings. The molecular weight excluding hydrogens is 321 g/mol. The zero-order chi connectivity index (χ0) is 18.1. The standard InChI is InChI=1S/C19H24FN3O2/c1-18(25,15-11-22-23(2)12-15)13-21-17(24)19(8-3-4-9-19)14-6-5-7-16(20)10-14/h5-7,10-12,25H,3-4,8-9,13H2,1-2H3,(H,21,24). The molecule has 1 amide bonds. The zero-order valence-corrected chi connectivity index (χ0v) is 14.6. The van der Waals surface area contributed by atoms with Gasteiger partial charge < -0.3 is 10.4 Å². The van der Waals surface area contributed by atoms with E-state index in [-0.39, 0.29) is 18.3 Å². The molecule has 0 saturated heterocycles. The van der Waals surface area contributed by atoms with Gasteiger partial charge in [0.25, 0.3) is 0 Å². The lowest BCUT2D eigenvalue weighted by Gasteiger charge is -2.31. The first-order chi connectivity index (χ1) is 11.8. The maximum Gasteiger partial charge on any atom is 0.230 e. The van der Waals surface area contributed by atoms with Gasteiger partial charge in [-0.15, -0.1) is 0 Å². The van der Waals surface area contributed by atoms with Crippen molar-refractivity contribution in [2.75, 3.05) is 6.54 Å². The number of aromatic nitrogens is 2. The second-order valence-corrected chi connectivity index (χ2v) is 7.16. The van der Waals surface area contributed by atoms with Crippen LogP contribution < -0.4 is 5.32 Å². The van der Waals surface area contributed by atoms with Gasteiger partial charge in [0.1, 0.15) is 11.4 Å². The van der Waals surface area contributed by atoms with Gasteiger partial charge in [-0.3, -0.25) is 9.48 Å². The van der Waals surface area contributed by atoms with Gasteiger partial charge in [-0.25, -0.2) is 4.39 Å². The second kappa shape index (κ2) is 6.59. The molecule has 0 radical (unpaired) electrons. The number of rotatable bonds is 5. The predicted molar refractivity (Wildman–Crippen MR) is 92.3 cm³/mol. The third kappa shape index (κ3) is 3.44. The zero-order valence-electron chi connectivity index (χ0n) is 14.6. The Balaban J connectivity index is 1.78. The van der Waals surface area contributed by atoms with Crippen LogP contribution in [0.1, 0.15) is 43.7 Å². The number of nitrogens with one attached hydrogen (secondary N) is 1.